The number of nitrogens with one attached hydrogen (secondary N) is 1. The van der Waals surface area contributed by atoms with Crippen LogP contribution in [0.2, 0.25) is 5.02 Å². The van der Waals surface area contributed by atoms with Crippen molar-refractivity contribution >= 4 is 29.1 Å². The molecule has 7 heteroatoms. The van der Waals surface area contributed by atoms with Crippen LogP contribution in [0.3, 0.4) is 0 Å². The molecule has 1 atom stereocenters. The lowest BCUT2D eigenvalue weighted by Gasteiger charge is -2.31. The summed E-state index contributed by atoms with van der Waals surface area (Å²) in [5.74, 6) is 0.443. The Balaban J connectivity index is 1.60. The van der Waals surface area contributed by atoms with Crippen molar-refractivity contribution in [3.8, 4) is 5.75 Å². The molecule has 0 radical (unpaired) electrons. The van der Waals surface area contributed by atoms with Gasteiger partial charge in [0.25, 0.3) is 5.91 Å². The van der Waals surface area contributed by atoms with Crippen molar-refractivity contribution in [3.63, 3.8) is 0 Å². The fraction of sp³-hybridized carbons (Fsp3) is 0.450. The van der Waals surface area contributed by atoms with Crippen LogP contribution in [0.1, 0.15) is 34.3 Å². The molecule has 1 N–H and O–H groups in total. The number of nitrogens with zero attached hydrogens (tertiary/aromatic N) is 1. The lowest BCUT2D eigenvalue weighted by Crippen LogP contribution is -2.43. The topological polar surface area (TPSA) is 50.8 Å². The van der Waals surface area contributed by atoms with Gasteiger partial charge in [0, 0.05) is 13.2 Å². The van der Waals surface area contributed by atoms with Crippen molar-refractivity contribution in [2.24, 2.45) is 0 Å². The normalized spacial score (nSPS) is 22.0. The van der Waals surface area contributed by atoms with Crippen LogP contribution < -0.4 is 10.1 Å². The van der Waals surface area contributed by atoms with Gasteiger partial charge in [0.15, 0.2) is 12.5 Å². The molecule has 3 aliphatic rings. The van der Waals surface area contributed by atoms with Crippen LogP contribution in [-0.4, -0.2) is 43.3 Å². The maximum absolute atomic E-state index is 13.0. The van der Waals surface area contributed by atoms with E-state index in [0.717, 1.165) is 30.6 Å². The Labute approximate surface area is 168 Å². The van der Waals surface area contributed by atoms with Crippen LogP contribution in [0.15, 0.2) is 28.9 Å². The third-order valence-electron chi connectivity index (χ3n) is 5.27. The average Bonchev–Trinajstić information content (AvgIpc) is 3.17. The number of dihydropyridines is 1. The Kier molecular flexibility index (Phi) is 5.35. The predicted octanol–water partition coefficient (Wildman–Crippen LogP) is 3.77. The number of benzene rings is 1. The van der Waals surface area contributed by atoms with Crippen molar-refractivity contribution in [2.75, 3.05) is 26.4 Å². The van der Waals surface area contributed by atoms with Gasteiger partial charge in [0.1, 0.15) is 5.16 Å². The van der Waals surface area contributed by atoms with Crippen molar-refractivity contribution in [1.29, 1.82) is 0 Å². The highest BCUT2D eigenvalue weighted by Gasteiger charge is 2.32. The van der Waals surface area contributed by atoms with Gasteiger partial charge in [-0.2, -0.15) is 0 Å². The maximum atomic E-state index is 13.0. The van der Waals surface area contributed by atoms with Gasteiger partial charge in [-0.1, -0.05) is 29.3 Å². The third-order valence-corrected chi connectivity index (χ3v) is 5.99. The van der Waals surface area contributed by atoms with E-state index in [-0.39, 0.29) is 18.7 Å². The summed E-state index contributed by atoms with van der Waals surface area (Å²) in [4.78, 5) is 14.7. The molecule has 5 nitrogen and oxygen atoms in total. The molecule has 144 valence electrons. The van der Waals surface area contributed by atoms with Crippen LogP contribution in [0.5, 0.6) is 5.75 Å². The molecule has 4 rings (SSSR count). The molecule has 1 fully saturated rings. The Morgan fingerprint density at radius 3 is 2.89 bits per heavy atom. The van der Waals surface area contributed by atoms with Gasteiger partial charge in [0.05, 0.1) is 23.2 Å². The lowest BCUT2D eigenvalue weighted by atomic mass is 9.95. The van der Waals surface area contributed by atoms with Crippen molar-refractivity contribution in [3.05, 3.63) is 50.7 Å². The highest BCUT2D eigenvalue weighted by atomic mass is 35.5. The number of halogens is 2. The molecule has 1 unspecified atom stereocenters. The number of allylic oxidation sites excluding steroid dienone is 2. The molecule has 0 spiro atoms. The zero-order valence-electron chi connectivity index (χ0n) is 15.2. The fourth-order valence-corrected chi connectivity index (χ4v) is 4.08. The van der Waals surface area contributed by atoms with Crippen LogP contribution in [-0.2, 0) is 11.2 Å². The first kappa shape index (κ1) is 18.7. The minimum atomic E-state index is -0.0476. The lowest BCUT2D eigenvalue weighted by molar-refractivity contribution is 0.0261. The molecule has 0 saturated carbocycles. The quantitative estimate of drug-likeness (QED) is 0.770. The van der Waals surface area contributed by atoms with Crippen LogP contribution in [0.25, 0.3) is 0 Å². The van der Waals surface area contributed by atoms with Gasteiger partial charge in [0.2, 0.25) is 0 Å². The summed E-state index contributed by atoms with van der Waals surface area (Å²) in [7, 11) is 0. The second-order valence-corrected chi connectivity index (χ2v) is 7.94. The van der Waals surface area contributed by atoms with E-state index >= 15 is 0 Å². The Morgan fingerprint density at radius 1 is 1.33 bits per heavy atom. The first-order chi connectivity index (χ1) is 13.0. The molecule has 0 aliphatic carbocycles. The van der Waals surface area contributed by atoms with E-state index in [1.807, 2.05) is 25.1 Å². The van der Waals surface area contributed by atoms with E-state index in [1.165, 1.54) is 5.57 Å². The summed E-state index contributed by atoms with van der Waals surface area (Å²) >= 11 is 12.5. The van der Waals surface area contributed by atoms with Gasteiger partial charge >= 0.3 is 0 Å². The Hall–Kier alpha value is -1.69. The largest absolute Gasteiger partial charge is 0.471 e. The van der Waals surface area contributed by atoms with Crippen molar-refractivity contribution < 1.29 is 14.3 Å². The zero-order valence-corrected chi connectivity index (χ0v) is 16.7. The first-order valence-electron chi connectivity index (χ1n) is 9.17. The summed E-state index contributed by atoms with van der Waals surface area (Å²) in [6.07, 6.45) is 6.66. The molecule has 27 heavy (non-hydrogen) atoms. The minimum absolute atomic E-state index is 0.0476. The molecule has 0 aromatic heterocycles. The molecule has 1 amide bonds. The molecule has 1 aromatic carbocycles. The number of hydrogen-bond acceptors (Lipinski definition) is 4. The van der Waals surface area contributed by atoms with Crippen molar-refractivity contribution in [2.45, 2.75) is 32.3 Å². The SMILES string of the molecule is Cc1c(CC2=CC=C(Cl)NC2)cc2c(c1Cl)OCN(CC1CCCO1)C2=O. The standard InChI is InChI=1S/C20H22Cl2N2O3/c1-12-14(7-13-4-5-17(21)23-9-13)8-16-19(18(12)22)27-11-24(20(16)25)10-15-3-2-6-26-15/h4-5,8,15,23H,2-3,6-7,9-11H2,1H3. The van der Waals surface area contributed by atoms with Gasteiger partial charge in [-0.25, -0.2) is 0 Å². The van der Waals surface area contributed by atoms with Crippen LogP contribution in [0, 0.1) is 6.92 Å². The number of amides is 1. The minimum Gasteiger partial charge on any atom is -0.471 e. The highest BCUT2D eigenvalue weighted by Crippen LogP contribution is 2.38. The van der Waals surface area contributed by atoms with E-state index in [1.54, 1.807) is 4.90 Å². The van der Waals surface area contributed by atoms with E-state index in [4.69, 9.17) is 32.7 Å². The smallest absolute Gasteiger partial charge is 0.260 e. The number of ether oxygens (including phenoxy) is 2. The number of fused-ring (bicyclic) bond motifs is 1. The van der Waals surface area contributed by atoms with Gasteiger partial charge in [-0.3, -0.25) is 4.79 Å². The molecule has 1 aromatic rings. The summed E-state index contributed by atoms with van der Waals surface area (Å²) in [5.41, 5.74) is 3.67. The van der Waals surface area contributed by atoms with Crippen LogP contribution >= 0.6 is 23.2 Å². The second-order valence-electron chi connectivity index (χ2n) is 7.16. The summed E-state index contributed by atoms with van der Waals surface area (Å²) in [6, 6.07) is 1.92. The molecular weight excluding hydrogens is 387 g/mol. The zero-order chi connectivity index (χ0) is 19.0. The maximum Gasteiger partial charge on any atom is 0.260 e. The van der Waals surface area contributed by atoms with Gasteiger partial charge in [-0.05, 0) is 55.0 Å². The van der Waals surface area contributed by atoms with E-state index < -0.39 is 0 Å². The molecular formula is C20H22Cl2N2O3. The van der Waals surface area contributed by atoms with Crippen LogP contribution in [0.4, 0.5) is 0 Å². The fourth-order valence-electron chi connectivity index (χ4n) is 3.68. The monoisotopic (exact) mass is 408 g/mol. The summed E-state index contributed by atoms with van der Waals surface area (Å²) in [6.45, 7) is 4.17. The predicted molar refractivity (Wildman–Crippen MR) is 105 cm³/mol. The second kappa shape index (κ2) is 7.74. The molecule has 3 heterocycles. The summed E-state index contributed by atoms with van der Waals surface area (Å²) < 4.78 is 11.5. The Morgan fingerprint density at radius 2 is 2.19 bits per heavy atom. The first-order valence-corrected chi connectivity index (χ1v) is 9.93. The van der Waals surface area contributed by atoms with E-state index in [2.05, 4.69) is 5.32 Å². The highest BCUT2D eigenvalue weighted by molar-refractivity contribution is 6.33. The molecule has 3 aliphatic heterocycles. The average molecular weight is 409 g/mol. The van der Waals surface area contributed by atoms with E-state index in [0.29, 0.717) is 41.0 Å². The van der Waals surface area contributed by atoms with Crippen molar-refractivity contribution in [1.82, 2.24) is 10.2 Å². The molecule has 1 saturated heterocycles. The summed E-state index contributed by atoms with van der Waals surface area (Å²) in [5, 5.41) is 4.27. The number of hydrogen-bond donors (Lipinski definition) is 1. The van der Waals surface area contributed by atoms with Gasteiger partial charge < -0.3 is 19.7 Å². The number of carbonyl (C=O) groups is 1. The third kappa shape index (κ3) is 3.82. The Bertz CT molecular complexity index is 829. The molecule has 0 bridgehead atoms. The van der Waals surface area contributed by atoms with Gasteiger partial charge in [-0.15, -0.1) is 0 Å². The van der Waals surface area contributed by atoms with E-state index in [9.17, 15) is 4.79 Å². The number of rotatable bonds is 4. The number of carbonyl (C=O) groups excluding carboxylic acids is 1.